The largest absolute Gasteiger partial charge is 0.441 e. The van der Waals surface area contributed by atoms with E-state index in [1.807, 2.05) is 0 Å². The number of nitrogens with zero attached hydrogens (tertiary/aromatic N) is 2. The Labute approximate surface area is 85.1 Å². The number of hydrogen-bond donors (Lipinski definition) is 1. The van der Waals surface area contributed by atoms with Gasteiger partial charge in [0.1, 0.15) is 0 Å². The van der Waals surface area contributed by atoms with Gasteiger partial charge >= 0.3 is 0 Å². The van der Waals surface area contributed by atoms with Crippen LogP contribution in [0.5, 0.6) is 0 Å². The molecule has 5 nitrogen and oxygen atoms in total. The quantitative estimate of drug-likeness (QED) is 0.841. The Morgan fingerprint density at radius 2 is 2.36 bits per heavy atom. The topological polar surface area (TPSA) is 64.1 Å². The number of nitrogens with one attached hydrogen (secondary N) is 1. The van der Waals surface area contributed by atoms with Gasteiger partial charge in [-0.2, -0.15) is 4.98 Å². The van der Waals surface area contributed by atoms with Crippen molar-refractivity contribution >= 4 is 11.6 Å². The minimum absolute atomic E-state index is 0.306. The minimum atomic E-state index is 0.306. The van der Waals surface area contributed by atoms with Gasteiger partial charge in [-0.25, -0.2) is 0 Å². The molecule has 1 N–H and O–H groups in total. The van der Waals surface area contributed by atoms with E-state index in [-0.39, 0.29) is 0 Å². The van der Waals surface area contributed by atoms with Gasteiger partial charge in [0.25, 0.3) is 0 Å². The second-order valence-corrected chi connectivity index (χ2v) is 3.02. The summed E-state index contributed by atoms with van der Waals surface area (Å²) in [5.74, 6) is 1.42. The van der Waals surface area contributed by atoms with Gasteiger partial charge in [0.15, 0.2) is 11.0 Å². The van der Waals surface area contributed by atoms with Crippen LogP contribution in [0.3, 0.4) is 0 Å². The van der Waals surface area contributed by atoms with Crippen LogP contribution in [0.4, 0.5) is 0 Å². The zero-order chi connectivity index (χ0) is 9.97. The fourth-order valence-electron chi connectivity index (χ4n) is 1.01. The van der Waals surface area contributed by atoms with Gasteiger partial charge in [-0.3, -0.25) is 0 Å². The SMILES string of the molecule is CNCc1nc(-c2ccc(Cl)o2)no1. The van der Waals surface area contributed by atoms with Gasteiger partial charge in [-0.1, -0.05) is 5.16 Å². The van der Waals surface area contributed by atoms with Crippen molar-refractivity contribution in [2.45, 2.75) is 6.54 Å². The minimum Gasteiger partial charge on any atom is -0.441 e. The van der Waals surface area contributed by atoms with E-state index in [0.717, 1.165) is 0 Å². The van der Waals surface area contributed by atoms with Gasteiger partial charge in [0.2, 0.25) is 11.7 Å². The Morgan fingerprint density at radius 3 is 3.00 bits per heavy atom. The second kappa shape index (κ2) is 3.81. The summed E-state index contributed by atoms with van der Waals surface area (Å²) in [6, 6.07) is 3.32. The highest BCUT2D eigenvalue weighted by atomic mass is 35.5. The van der Waals surface area contributed by atoms with Crippen molar-refractivity contribution in [3.05, 3.63) is 23.2 Å². The molecule has 0 aliphatic rings. The molecule has 2 aromatic heterocycles. The van der Waals surface area contributed by atoms with Crippen LogP contribution >= 0.6 is 11.6 Å². The molecule has 0 aliphatic heterocycles. The fourth-order valence-corrected chi connectivity index (χ4v) is 1.16. The van der Waals surface area contributed by atoms with Crippen LogP contribution in [-0.2, 0) is 6.54 Å². The molecule has 0 spiro atoms. The maximum absolute atomic E-state index is 5.61. The fraction of sp³-hybridized carbons (Fsp3) is 0.250. The predicted octanol–water partition coefficient (Wildman–Crippen LogP) is 1.70. The van der Waals surface area contributed by atoms with Gasteiger partial charge in [-0.05, 0) is 30.8 Å². The smallest absolute Gasteiger partial charge is 0.241 e. The van der Waals surface area contributed by atoms with Crippen LogP contribution in [0.25, 0.3) is 11.6 Å². The van der Waals surface area contributed by atoms with E-state index in [4.69, 9.17) is 20.5 Å². The number of hydrogen-bond acceptors (Lipinski definition) is 5. The molecular formula is C8H8ClN3O2. The first-order chi connectivity index (χ1) is 6.79. The molecular weight excluding hydrogens is 206 g/mol. The molecule has 0 atom stereocenters. The third-order valence-electron chi connectivity index (χ3n) is 1.59. The lowest BCUT2D eigenvalue weighted by molar-refractivity contribution is 0.371. The summed E-state index contributed by atoms with van der Waals surface area (Å²) >= 11 is 5.61. The molecule has 0 saturated carbocycles. The Hall–Kier alpha value is -1.33. The van der Waals surface area contributed by atoms with Crippen LogP contribution < -0.4 is 5.32 Å². The van der Waals surface area contributed by atoms with Crippen molar-refractivity contribution in [1.29, 1.82) is 0 Å². The van der Waals surface area contributed by atoms with Crippen LogP contribution in [0.2, 0.25) is 5.22 Å². The summed E-state index contributed by atoms with van der Waals surface area (Å²) in [6.07, 6.45) is 0. The van der Waals surface area contributed by atoms with Gasteiger partial charge in [-0.15, -0.1) is 0 Å². The molecule has 0 fully saturated rings. The number of halogens is 1. The standard InChI is InChI=1S/C8H8ClN3O2/c1-10-4-7-11-8(12-14-7)5-2-3-6(9)13-5/h2-3,10H,4H2,1H3. The molecule has 0 aromatic carbocycles. The first-order valence-electron chi connectivity index (χ1n) is 4.02. The summed E-state index contributed by atoms with van der Waals surface area (Å²) < 4.78 is 10.1. The monoisotopic (exact) mass is 213 g/mol. The number of aromatic nitrogens is 2. The molecule has 2 aromatic rings. The molecule has 2 rings (SSSR count). The molecule has 14 heavy (non-hydrogen) atoms. The lowest BCUT2D eigenvalue weighted by Gasteiger charge is -1.86. The van der Waals surface area contributed by atoms with Crippen LogP contribution in [0, 0.1) is 0 Å². The number of rotatable bonds is 3. The lowest BCUT2D eigenvalue weighted by atomic mass is 10.4. The third-order valence-corrected chi connectivity index (χ3v) is 1.79. The van der Waals surface area contributed by atoms with E-state index < -0.39 is 0 Å². The maximum Gasteiger partial charge on any atom is 0.241 e. The molecule has 74 valence electrons. The van der Waals surface area contributed by atoms with E-state index in [2.05, 4.69) is 15.5 Å². The predicted molar refractivity (Wildman–Crippen MR) is 49.8 cm³/mol. The average Bonchev–Trinajstić information content (AvgIpc) is 2.74. The first kappa shape index (κ1) is 9.23. The summed E-state index contributed by atoms with van der Waals surface area (Å²) in [5.41, 5.74) is 0. The highest BCUT2D eigenvalue weighted by molar-refractivity contribution is 6.28. The summed E-state index contributed by atoms with van der Waals surface area (Å²) in [6.45, 7) is 0.529. The lowest BCUT2D eigenvalue weighted by Crippen LogP contribution is -2.04. The van der Waals surface area contributed by atoms with Crippen molar-refractivity contribution in [1.82, 2.24) is 15.5 Å². The highest BCUT2D eigenvalue weighted by Gasteiger charge is 2.11. The van der Waals surface area contributed by atoms with Gasteiger partial charge in [0, 0.05) is 0 Å². The number of furan rings is 1. The molecule has 0 saturated heterocycles. The average molecular weight is 214 g/mol. The highest BCUT2D eigenvalue weighted by Crippen LogP contribution is 2.21. The third kappa shape index (κ3) is 1.78. The normalized spacial score (nSPS) is 10.7. The molecule has 0 bridgehead atoms. The molecule has 0 amide bonds. The zero-order valence-electron chi connectivity index (χ0n) is 7.45. The van der Waals surface area contributed by atoms with Crippen molar-refractivity contribution in [3.8, 4) is 11.6 Å². The van der Waals surface area contributed by atoms with Gasteiger partial charge in [0.05, 0.1) is 6.54 Å². The molecule has 0 radical (unpaired) electrons. The van der Waals surface area contributed by atoms with Gasteiger partial charge < -0.3 is 14.3 Å². The van der Waals surface area contributed by atoms with Crippen molar-refractivity contribution in [2.75, 3.05) is 7.05 Å². The van der Waals surface area contributed by atoms with E-state index in [1.165, 1.54) is 0 Å². The van der Waals surface area contributed by atoms with E-state index in [9.17, 15) is 0 Å². The maximum atomic E-state index is 5.61. The van der Waals surface area contributed by atoms with E-state index in [1.54, 1.807) is 19.2 Å². The Kier molecular flexibility index (Phi) is 2.51. The Balaban J connectivity index is 2.24. The Morgan fingerprint density at radius 1 is 1.50 bits per heavy atom. The molecule has 0 unspecified atom stereocenters. The van der Waals surface area contributed by atoms with E-state index >= 15 is 0 Å². The summed E-state index contributed by atoms with van der Waals surface area (Å²) in [7, 11) is 1.80. The van der Waals surface area contributed by atoms with Crippen LogP contribution in [0.15, 0.2) is 21.1 Å². The summed E-state index contributed by atoms with van der Waals surface area (Å²) in [5, 5.41) is 6.95. The molecule has 6 heteroatoms. The Bertz CT molecular complexity index is 424. The second-order valence-electron chi connectivity index (χ2n) is 2.65. The first-order valence-corrected chi connectivity index (χ1v) is 4.40. The van der Waals surface area contributed by atoms with Crippen molar-refractivity contribution < 1.29 is 8.94 Å². The molecule has 2 heterocycles. The summed E-state index contributed by atoms with van der Waals surface area (Å²) in [4.78, 5) is 4.09. The zero-order valence-corrected chi connectivity index (χ0v) is 8.21. The van der Waals surface area contributed by atoms with Crippen molar-refractivity contribution in [3.63, 3.8) is 0 Å². The molecule has 0 aliphatic carbocycles. The van der Waals surface area contributed by atoms with E-state index in [0.29, 0.717) is 29.2 Å². The van der Waals surface area contributed by atoms with Crippen LogP contribution in [-0.4, -0.2) is 17.2 Å². The van der Waals surface area contributed by atoms with Crippen LogP contribution in [0.1, 0.15) is 5.89 Å². The van der Waals surface area contributed by atoms with Crippen molar-refractivity contribution in [2.24, 2.45) is 0 Å².